The Balaban J connectivity index is 1.91. The molecule has 0 aromatic carbocycles. The van der Waals surface area contributed by atoms with Gasteiger partial charge in [-0.2, -0.15) is 5.10 Å². The van der Waals surface area contributed by atoms with Gasteiger partial charge >= 0.3 is 0 Å². The van der Waals surface area contributed by atoms with Crippen LogP contribution in [0.25, 0.3) is 0 Å². The molecule has 0 unspecified atom stereocenters. The van der Waals surface area contributed by atoms with Gasteiger partial charge in [0.2, 0.25) is 5.91 Å². The maximum absolute atomic E-state index is 11.8. The van der Waals surface area contributed by atoms with Gasteiger partial charge in [-0.1, -0.05) is 0 Å². The first kappa shape index (κ1) is 14.4. The third-order valence-electron chi connectivity index (χ3n) is 2.90. The standard InChI is InChI=1S/C13H16N4O2S/c1-8-9(2)20-13(14-8)15-11(18)6-4-10-5-7-12(19)17(3)16-10/h5,7H,4,6H2,1-3H3,(H,14,15,18). The van der Waals surface area contributed by atoms with Crippen molar-refractivity contribution in [2.45, 2.75) is 26.7 Å². The van der Waals surface area contributed by atoms with Gasteiger partial charge in [0.05, 0.1) is 11.4 Å². The molecule has 1 amide bonds. The van der Waals surface area contributed by atoms with Crippen LogP contribution < -0.4 is 10.9 Å². The molecule has 2 rings (SSSR count). The van der Waals surface area contributed by atoms with Gasteiger partial charge < -0.3 is 5.32 Å². The van der Waals surface area contributed by atoms with E-state index in [1.165, 1.54) is 22.1 Å². The second-order valence-corrected chi connectivity index (χ2v) is 5.70. The lowest BCUT2D eigenvalue weighted by Crippen LogP contribution is -2.20. The van der Waals surface area contributed by atoms with Crippen molar-refractivity contribution in [3.8, 4) is 0 Å². The van der Waals surface area contributed by atoms with Gasteiger partial charge in [-0.05, 0) is 19.9 Å². The van der Waals surface area contributed by atoms with E-state index in [1.807, 2.05) is 13.8 Å². The van der Waals surface area contributed by atoms with E-state index in [0.29, 0.717) is 23.7 Å². The minimum Gasteiger partial charge on any atom is -0.302 e. The zero-order chi connectivity index (χ0) is 14.7. The van der Waals surface area contributed by atoms with Crippen molar-refractivity contribution in [1.82, 2.24) is 14.8 Å². The summed E-state index contributed by atoms with van der Waals surface area (Å²) in [6.45, 7) is 3.88. The molecule has 0 aliphatic heterocycles. The smallest absolute Gasteiger partial charge is 0.266 e. The summed E-state index contributed by atoms with van der Waals surface area (Å²) in [6.07, 6.45) is 0.798. The Kier molecular flexibility index (Phi) is 4.29. The highest BCUT2D eigenvalue weighted by Crippen LogP contribution is 2.21. The van der Waals surface area contributed by atoms with Crippen LogP contribution in [0.4, 0.5) is 5.13 Å². The monoisotopic (exact) mass is 292 g/mol. The lowest BCUT2D eigenvalue weighted by molar-refractivity contribution is -0.116. The lowest BCUT2D eigenvalue weighted by Gasteiger charge is -2.03. The number of carbonyl (C=O) groups excluding carboxylic acids is 1. The van der Waals surface area contributed by atoms with Crippen LogP contribution in [0.5, 0.6) is 0 Å². The molecule has 20 heavy (non-hydrogen) atoms. The summed E-state index contributed by atoms with van der Waals surface area (Å²) in [6, 6.07) is 3.10. The number of anilines is 1. The maximum Gasteiger partial charge on any atom is 0.266 e. The first-order valence-electron chi connectivity index (χ1n) is 6.23. The molecule has 2 aromatic rings. The molecular formula is C13H16N4O2S. The number of rotatable bonds is 4. The fourth-order valence-corrected chi connectivity index (χ4v) is 2.46. The molecule has 0 saturated heterocycles. The number of thiazole rings is 1. The highest BCUT2D eigenvalue weighted by Gasteiger charge is 2.08. The fraction of sp³-hybridized carbons (Fsp3) is 0.385. The van der Waals surface area contributed by atoms with Crippen LogP contribution in [-0.2, 0) is 18.3 Å². The summed E-state index contributed by atoms with van der Waals surface area (Å²) >= 11 is 1.46. The molecule has 0 fully saturated rings. The third kappa shape index (κ3) is 3.51. The Morgan fingerprint density at radius 2 is 2.15 bits per heavy atom. The molecule has 0 atom stereocenters. The normalized spacial score (nSPS) is 10.6. The topological polar surface area (TPSA) is 76.9 Å². The molecular weight excluding hydrogens is 276 g/mol. The molecule has 0 spiro atoms. The SMILES string of the molecule is Cc1nc(NC(=O)CCc2ccc(=O)n(C)n2)sc1C. The first-order chi connectivity index (χ1) is 9.45. The van der Waals surface area contributed by atoms with Crippen molar-refractivity contribution >= 4 is 22.4 Å². The number of hydrogen-bond donors (Lipinski definition) is 1. The summed E-state index contributed by atoms with van der Waals surface area (Å²) in [5.74, 6) is -0.102. The average molecular weight is 292 g/mol. The lowest BCUT2D eigenvalue weighted by atomic mass is 10.2. The second kappa shape index (κ2) is 5.96. The molecule has 0 aliphatic carbocycles. The van der Waals surface area contributed by atoms with Crippen LogP contribution in [0.2, 0.25) is 0 Å². The highest BCUT2D eigenvalue weighted by atomic mass is 32.1. The van der Waals surface area contributed by atoms with Gasteiger partial charge in [-0.25, -0.2) is 9.67 Å². The number of aromatic nitrogens is 3. The van der Waals surface area contributed by atoms with E-state index in [9.17, 15) is 9.59 Å². The summed E-state index contributed by atoms with van der Waals surface area (Å²) in [7, 11) is 1.59. The molecule has 106 valence electrons. The Morgan fingerprint density at radius 3 is 2.75 bits per heavy atom. The van der Waals surface area contributed by atoms with E-state index in [4.69, 9.17) is 0 Å². The minimum atomic E-state index is -0.160. The second-order valence-electron chi connectivity index (χ2n) is 4.50. The number of hydrogen-bond acceptors (Lipinski definition) is 5. The summed E-state index contributed by atoms with van der Waals surface area (Å²) in [5, 5.41) is 7.48. The Labute approximate surface area is 120 Å². The number of nitrogens with zero attached hydrogens (tertiary/aromatic N) is 3. The van der Waals surface area contributed by atoms with Crippen LogP contribution in [0.15, 0.2) is 16.9 Å². The molecule has 0 bridgehead atoms. The molecule has 0 saturated carbocycles. The van der Waals surface area contributed by atoms with Crippen molar-refractivity contribution in [3.05, 3.63) is 38.8 Å². The van der Waals surface area contributed by atoms with Gasteiger partial charge in [-0.3, -0.25) is 9.59 Å². The molecule has 6 nitrogen and oxygen atoms in total. The Hall–Kier alpha value is -2.02. The van der Waals surface area contributed by atoms with Crippen molar-refractivity contribution in [1.29, 1.82) is 0 Å². The molecule has 0 aliphatic rings. The Morgan fingerprint density at radius 1 is 1.40 bits per heavy atom. The van der Waals surface area contributed by atoms with Crippen LogP contribution in [-0.4, -0.2) is 20.7 Å². The van der Waals surface area contributed by atoms with Crippen LogP contribution >= 0.6 is 11.3 Å². The number of nitrogens with one attached hydrogen (secondary N) is 1. The number of carbonyl (C=O) groups is 1. The van der Waals surface area contributed by atoms with E-state index in [1.54, 1.807) is 13.1 Å². The van der Waals surface area contributed by atoms with Crippen LogP contribution in [0.1, 0.15) is 22.7 Å². The van der Waals surface area contributed by atoms with Crippen molar-refractivity contribution < 1.29 is 4.79 Å². The molecule has 1 N–H and O–H groups in total. The van der Waals surface area contributed by atoms with E-state index in [0.717, 1.165) is 10.6 Å². The van der Waals surface area contributed by atoms with Gasteiger partial charge in [0.1, 0.15) is 0 Å². The van der Waals surface area contributed by atoms with E-state index < -0.39 is 0 Å². The average Bonchev–Trinajstić information content (AvgIpc) is 2.70. The van der Waals surface area contributed by atoms with E-state index >= 15 is 0 Å². The quantitative estimate of drug-likeness (QED) is 0.924. The zero-order valence-electron chi connectivity index (χ0n) is 11.6. The van der Waals surface area contributed by atoms with Crippen LogP contribution in [0, 0.1) is 13.8 Å². The van der Waals surface area contributed by atoms with E-state index in [2.05, 4.69) is 15.4 Å². The highest BCUT2D eigenvalue weighted by molar-refractivity contribution is 7.15. The van der Waals surface area contributed by atoms with Gasteiger partial charge in [-0.15, -0.1) is 11.3 Å². The number of amides is 1. The zero-order valence-corrected chi connectivity index (χ0v) is 12.5. The predicted molar refractivity (Wildman–Crippen MR) is 78.0 cm³/mol. The van der Waals surface area contributed by atoms with Crippen molar-refractivity contribution in [2.24, 2.45) is 7.05 Å². The van der Waals surface area contributed by atoms with Gasteiger partial charge in [0.15, 0.2) is 5.13 Å². The molecule has 2 aromatic heterocycles. The predicted octanol–water partition coefficient (Wildman–Crippen LogP) is 1.42. The third-order valence-corrected chi connectivity index (χ3v) is 3.89. The van der Waals surface area contributed by atoms with Gasteiger partial charge in [0.25, 0.3) is 5.56 Å². The van der Waals surface area contributed by atoms with E-state index in [-0.39, 0.29) is 11.5 Å². The largest absolute Gasteiger partial charge is 0.302 e. The maximum atomic E-state index is 11.8. The fourth-order valence-electron chi connectivity index (χ4n) is 1.63. The number of aryl methyl sites for hydroxylation is 4. The minimum absolute atomic E-state index is 0.102. The molecule has 7 heteroatoms. The first-order valence-corrected chi connectivity index (χ1v) is 7.04. The van der Waals surface area contributed by atoms with Gasteiger partial charge in [0, 0.05) is 30.8 Å². The Bertz CT molecular complexity index is 670. The summed E-state index contributed by atoms with van der Waals surface area (Å²) in [4.78, 5) is 28.4. The summed E-state index contributed by atoms with van der Waals surface area (Å²) in [5.41, 5.74) is 1.49. The van der Waals surface area contributed by atoms with Crippen molar-refractivity contribution in [2.75, 3.05) is 5.32 Å². The van der Waals surface area contributed by atoms with Crippen LogP contribution in [0.3, 0.4) is 0 Å². The molecule has 0 radical (unpaired) electrons. The molecule has 2 heterocycles. The summed E-state index contributed by atoms with van der Waals surface area (Å²) < 4.78 is 1.26. The van der Waals surface area contributed by atoms with Crippen molar-refractivity contribution in [3.63, 3.8) is 0 Å².